The molecule has 3 unspecified atom stereocenters. The number of ether oxygens (including phenoxy) is 2. The molecule has 0 amide bonds. The first-order chi connectivity index (χ1) is 4.88. The fourth-order valence-electron chi connectivity index (χ4n) is 2.24. The first-order valence-electron chi connectivity index (χ1n) is 4.17. The monoisotopic (exact) mass is 140 g/mol. The van der Waals surface area contributed by atoms with Gasteiger partial charge in [0.2, 0.25) is 0 Å². The third-order valence-electron chi connectivity index (χ3n) is 3.11. The highest BCUT2D eigenvalue weighted by atomic mass is 16.6. The summed E-state index contributed by atoms with van der Waals surface area (Å²) in [6, 6.07) is 0. The fourth-order valence-corrected chi connectivity index (χ4v) is 2.24. The van der Waals surface area contributed by atoms with Crippen LogP contribution in [0.15, 0.2) is 0 Å². The number of rotatable bonds is 0. The predicted molar refractivity (Wildman–Crippen MR) is 35.8 cm³/mol. The molecule has 2 heterocycles. The summed E-state index contributed by atoms with van der Waals surface area (Å²) >= 11 is 0. The summed E-state index contributed by atoms with van der Waals surface area (Å²) in [7, 11) is 0. The maximum atomic E-state index is 5.58. The summed E-state index contributed by atoms with van der Waals surface area (Å²) in [6.07, 6.45) is 6.14. The molecule has 2 saturated heterocycles. The van der Waals surface area contributed by atoms with Crippen molar-refractivity contribution in [3.8, 4) is 0 Å². The van der Waals surface area contributed by atoms with Crippen LogP contribution in [0.1, 0.15) is 25.7 Å². The number of hydrogen-bond donors (Lipinski definition) is 0. The molecule has 0 aromatic rings. The van der Waals surface area contributed by atoms with Gasteiger partial charge in [-0.15, -0.1) is 0 Å². The van der Waals surface area contributed by atoms with E-state index < -0.39 is 0 Å². The Morgan fingerprint density at radius 1 is 1.20 bits per heavy atom. The van der Waals surface area contributed by atoms with E-state index >= 15 is 0 Å². The molecule has 3 rings (SSSR count). The van der Waals surface area contributed by atoms with Crippen LogP contribution in [0.4, 0.5) is 0 Å². The molecular formula is C8H12O2. The van der Waals surface area contributed by atoms with Crippen LogP contribution in [0.3, 0.4) is 0 Å². The minimum Gasteiger partial charge on any atom is -0.375 e. The maximum Gasteiger partial charge on any atom is 0.0869 e. The lowest BCUT2D eigenvalue weighted by Crippen LogP contribution is -2.46. The molecule has 2 nitrogen and oxygen atoms in total. The van der Waals surface area contributed by atoms with Crippen molar-refractivity contribution in [1.82, 2.24) is 0 Å². The summed E-state index contributed by atoms with van der Waals surface area (Å²) in [4.78, 5) is 0. The van der Waals surface area contributed by atoms with E-state index in [9.17, 15) is 0 Å². The van der Waals surface area contributed by atoms with Gasteiger partial charge < -0.3 is 9.47 Å². The SMILES string of the molecule is C1CC2(CCC3OC3C2)O1. The van der Waals surface area contributed by atoms with Crippen LogP contribution in [0, 0.1) is 0 Å². The van der Waals surface area contributed by atoms with Gasteiger partial charge in [0, 0.05) is 6.42 Å². The van der Waals surface area contributed by atoms with Gasteiger partial charge >= 0.3 is 0 Å². The molecule has 2 heteroatoms. The van der Waals surface area contributed by atoms with Gasteiger partial charge in [0.25, 0.3) is 0 Å². The Bertz CT molecular complexity index is 163. The van der Waals surface area contributed by atoms with Crippen molar-refractivity contribution < 1.29 is 9.47 Å². The number of hydrogen-bond acceptors (Lipinski definition) is 2. The van der Waals surface area contributed by atoms with E-state index in [1.165, 1.54) is 25.7 Å². The molecule has 3 fully saturated rings. The third-order valence-corrected chi connectivity index (χ3v) is 3.11. The smallest absolute Gasteiger partial charge is 0.0869 e. The largest absolute Gasteiger partial charge is 0.375 e. The van der Waals surface area contributed by atoms with E-state index in [4.69, 9.17) is 9.47 Å². The topological polar surface area (TPSA) is 21.8 Å². The zero-order valence-electron chi connectivity index (χ0n) is 6.01. The Labute approximate surface area is 60.5 Å². The third kappa shape index (κ3) is 0.611. The highest BCUT2D eigenvalue weighted by Gasteiger charge is 2.53. The van der Waals surface area contributed by atoms with Crippen LogP contribution >= 0.6 is 0 Å². The molecule has 2 aliphatic heterocycles. The number of epoxide rings is 1. The van der Waals surface area contributed by atoms with Crippen LogP contribution in [-0.4, -0.2) is 24.4 Å². The Morgan fingerprint density at radius 2 is 2.10 bits per heavy atom. The second kappa shape index (κ2) is 1.56. The zero-order valence-corrected chi connectivity index (χ0v) is 6.01. The lowest BCUT2D eigenvalue weighted by Gasteiger charge is -2.43. The Hall–Kier alpha value is -0.0800. The van der Waals surface area contributed by atoms with Crippen LogP contribution in [-0.2, 0) is 9.47 Å². The molecule has 0 aromatic heterocycles. The molecule has 0 bridgehead atoms. The molecule has 1 aliphatic carbocycles. The summed E-state index contributed by atoms with van der Waals surface area (Å²) in [5.74, 6) is 0. The highest BCUT2D eigenvalue weighted by molar-refractivity contribution is 5.02. The van der Waals surface area contributed by atoms with E-state index in [0.29, 0.717) is 12.2 Å². The van der Waals surface area contributed by atoms with Gasteiger partial charge in [-0.2, -0.15) is 0 Å². The summed E-state index contributed by atoms with van der Waals surface area (Å²) in [5.41, 5.74) is 0.289. The molecule has 1 saturated carbocycles. The summed E-state index contributed by atoms with van der Waals surface area (Å²) in [5, 5.41) is 0. The summed E-state index contributed by atoms with van der Waals surface area (Å²) in [6.45, 7) is 0.984. The maximum absolute atomic E-state index is 5.58. The van der Waals surface area contributed by atoms with Crippen molar-refractivity contribution >= 4 is 0 Å². The second-order valence-corrected chi connectivity index (χ2v) is 3.74. The summed E-state index contributed by atoms with van der Waals surface area (Å²) < 4.78 is 11.0. The Morgan fingerprint density at radius 3 is 2.70 bits per heavy atom. The average Bonchev–Trinajstić information content (AvgIpc) is 2.60. The van der Waals surface area contributed by atoms with Crippen molar-refractivity contribution in [3.05, 3.63) is 0 Å². The van der Waals surface area contributed by atoms with Gasteiger partial charge in [0.15, 0.2) is 0 Å². The first-order valence-corrected chi connectivity index (χ1v) is 4.17. The molecular weight excluding hydrogens is 128 g/mol. The fraction of sp³-hybridized carbons (Fsp3) is 1.00. The van der Waals surface area contributed by atoms with E-state index in [-0.39, 0.29) is 5.60 Å². The van der Waals surface area contributed by atoms with Crippen LogP contribution in [0.25, 0.3) is 0 Å². The molecule has 56 valence electrons. The quantitative estimate of drug-likeness (QED) is 0.470. The number of fused-ring (bicyclic) bond motifs is 1. The molecule has 0 aromatic carbocycles. The first kappa shape index (κ1) is 5.56. The molecule has 0 N–H and O–H groups in total. The lowest BCUT2D eigenvalue weighted by molar-refractivity contribution is -0.161. The zero-order chi connectivity index (χ0) is 6.60. The van der Waals surface area contributed by atoms with Gasteiger partial charge in [-0.05, 0) is 19.3 Å². The molecule has 3 atom stereocenters. The highest BCUT2D eigenvalue weighted by Crippen LogP contribution is 2.48. The minimum absolute atomic E-state index is 0.289. The van der Waals surface area contributed by atoms with E-state index in [1.807, 2.05) is 0 Å². The van der Waals surface area contributed by atoms with E-state index in [1.54, 1.807) is 0 Å². The van der Waals surface area contributed by atoms with E-state index in [0.717, 1.165) is 6.61 Å². The van der Waals surface area contributed by atoms with Gasteiger partial charge in [-0.25, -0.2) is 0 Å². The van der Waals surface area contributed by atoms with Gasteiger partial charge in [-0.3, -0.25) is 0 Å². The molecule has 0 radical (unpaired) electrons. The van der Waals surface area contributed by atoms with Gasteiger partial charge in [-0.1, -0.05) is 0 Å². The van der Waals surface area contributed by atoms with Crippen LogP contribution in [0.5, 0.6) is 0 Å². The predicted octanol–water partition coefficient (Wildman–Crippen LogP) is 1.10. The van der Waals surface area contributed by atoms with Gasteiger partial charge in [0.05, 0.1) is 24.4 Å². The normalized spacial score (nSPS) is 57.6. The van der Waals surface area contributed by atoms with Crippen molar-refractivity contribution in [2.45, 2.75) is 43.5 Å². The Kier molecular flexibility index (Phi) is 0.868. The van der Waals surface area contributed by atoms with E-state index in [2.05, 4.69) is 0 Å². The van der Waals surface area contributed by atoms with Crippen LogP contribution in [0.2, 0.25) is 0 Å². The van der Waals surface area contributed by atoms with Crippen molar-refractivity contribution in [2.75, 3.05) is 6.61 Å². The molecule has 1 spiro atoms. The second-order valence-electron chi connectivity index (χ2n) is 3.74. The lowest BCUT2D eigenvalue weighted by atomic mass is 9.79. The average molecular weight is 140 g/mol. The molecule has 3 aliphatic rings. The van der Waals surface area contributed by atoms with Gasteiger partial charge in [0.1, 0.15) is 0 Å². The minimum atomic E-state index is 0.289. The van der Waals surface area contributed by atoms with Crippen LogP contribution < -0.4 is 0 Å². The Balaban J connectivity index is 1.75. The van der Waals surface area contributed by atoms with Crippen molar-refractivity contribution in [3.63, 3.8) is 0 Å². The van der Waals surface area contributed by atoms with Crippen molar-refractivity contribution in [2.24, 2.45) is 0 Å². The molecule has 10 heavy (non-hydrogen) atoms. The standard InChI is InChI=1S/C8H12O2/c1-2-8(3-4-9-8)5-7-6(1)10-7/h6-7H,1-5H2. The van der Waals surface area contributed by atoms with Crippen molar-refractivity contribution in [1.29, 1.82) is 0 Å².